The van der Waals surface area contributed by atoms with E-state index in [1.807, 2.05) is 36.4 Å². The molecule has 0 radical (unpaired) electrons. The van der Waals surface area contributed by atoms with E-state index in [0.29, 0.717) is 12.2 Å². The summed E-state index contributed by atoms with van der Waals surface area (Å²) in [5, 5.41) is 15.6. The van der Waals surface area contributed by atoms with Gasteiger partial charge in [0.05, 0.1) is 0 Å². The molecule has 2 aromatic carbocycles. The van der Waals surface area contributed by atoms with Crippen LogP contribution in [0.25, 0.3) is 12.2 Å². The van der Waals surface area contributed by atoms with Crippen molar-refractivity contribution in [1.82, 2.24) is 0 Å². The third kappa shape index (κ3) is 14.4. The monoisotopic (exact) mass is 404 g/mol. The number of carboxylic acids is 2. The number of allylic oxidation sites excluding steroid dienone is 3. The number of unbranched alkanes of at least 4 members (excludes halogenated alkanes) is 1. The van der Waals surface area contributed by atoms with Gasteiger partial charge in [-0.2, -0.15) is 0 Å². The molecule has 0 aliphatic heterocycles. The van der Waals surface area contributed by atoms with Crippen LogP contribution in [0.3, 0.4) is 0 Å². The van der Waals surface area contributed by atoms with Gasteiger partial charge in [-0.15, -0.1) is 0 Å². The first-order valence-corrected chi connectivity index (χ1v) is 9.72. The number of hydrogen-bond acceptors (Lipinski definition) is 2. The Balaban J connectivity index is 0.000000243. The van der Waals surface area contributed by atoms with Crippen LogP contribution >= 0.6 is 0 Å². The smallest absolute Gasteiger partial charge is 0.328 e. The summed E-state index contributed by atoms with van der Waals surface area (Å²) in [5.41, 5.74) is 4.12. The molecule has 0 unspecified atom stereocenters. The van der Waals surface area contributed by atoms with Crippen LogP contribution in [0.1, 0.15) is 36.8 Å². The van der Waals surface area contributed by atoms with Crippen molar-refractivity contribution in [2.45, 2.75) is 25.7 Å². The Hall–Kier alpha value is -3.66. The van der Waals surface area contributed by atoms with Crippen LogP contribution in [-0.2, 0) is 9.59 Å². The highest BCUT2D eigenvalue weighted by Gasteiger charge is 2.08. The fourth-order valence-electron chi connectivity index (χ4n) is 2.18. The average Bonchev–Trinajstić information content (AvgIpc) is 3.59. The molecule has 0 saturated heterocycles. The molecule has 0 amide bonds. The number of aliphatic carboxylic acids is 2. The Kier molecular flexibility index (Phi) is 12.4. The Labute approximate surface area is 178 Å². The van der Waals surface area contributed by atoms with Crippen LogP contribution < -0.4 is 0 Å². The molecule has 1 saturated carbocycles. The van der Waals surface area contributed by atoms with E-state index in [0.717, 1.165) is 0 Å². The average molecular weight is 405 g/mol. The van der Waals surface area contributed by atoms with Crippen LogP contribution in [-0.4, -0.2) is 22.2 Å². The van der Waals surface area contributed by atoms with Gasteiger partial charge in [-0.1, -0.05) is 97.1 Å². The Bertz CT molecular complexity index is 840. The Morgan fingerprint density at radius 2 is 1.30 bits per heavy atom. The topological polar surface area (TPSA) is 74.6 Å². The molecule has 1 fully saturated rings. The quantitative estimate of drug-likeness (QED) is 0.325. The lowest BCUT2D eigenvalue weighted by Gasteiger charge is -1.90. The van der Waals surface area contributed by atoms with Crippen LogP contribution in [0.2, 0.25) is 0 Å². The summed E-state index contributed by atoms with van der Waals surface area (Å²) >= 11 is 0. The van der Waals surface area contributed by atoms with E-state index in [4.69, 9.17) is 10.2 Å². The van der Waals surface area contributed by atoms with Crippen LogP contribution in [0.4, 0.5) is 0 Å². The fraction of sp³-hybridized carbons (Fsp3) is 0.154. The second-order valence-electron chi connectivity index (χ2n) is 6.38. The Morgan fingerprint density at radius 3 is 1.70 bits per heavy atom. The maximum Gasteiger partial charge on any atom is 0.328 e. The summed E-state index contributed by atoms with van der Waals surface area (Å²) in [4.78, 5) is 19.1. The molecule has 1 aliphatic carbocycles. The van der Waals surface area contributed by atoms with Crippen molar-refractivity contribution in [3.05, 3.63) is 108 Å². The summed E-state index contributed by atoms with van der Waals surface area (Å²) in [7, 11) is 0. The van der Waals surface area contributed by atoms with Gasteiger partial charge in [0.15, 0.2) is 0 Å². The van der Waals surface area contributed by atoms with Crippen molar-refractivity contribution in [3.8, 4) is 0 Å². The number of benzene rings is 2. The lowest BCUT2D eigenvalue weighted by Crippen LogP contribution is -1.91. The third-order valence-corrected chi connectivity index (χ3v) is 3.82. The van der Waals surface area contributed by atoms with Gasteiger partial charge in [-0.3, -0.25) is 0 Å². The van der Waals surface area contributed by atoms with Gasteiger partial charge >= 0.3 is 11.9 Å². The minimum Gasteiger partial charge on any atom is -0.478 e. The maximum atomic E-state index is 9.55. The van der Waals surface area contributed by atoms with Crippen LogP contribution in [0.5, 0.6) is 0 Å². The highest BCUT2D eigenvalue weighted by atomic mass is 16.4. The van der Waals surface area contributed by atoms with E-state index in [2.05, 4.69) is 55.1 Å². The van der Waals surface area contributed by atoms with Crippen molar-refractivity contribution in [2.24, 2.45) is 0 Å². The number of carbonyl (C=O) groups is 2. The summed E-state index contributed by atoms with van der Waals surface area (Å²) in [6.07, 6.45) is 14.9. The summed E-state index contributed by atoms with van der Waals surface area (Å²) < 4.78 is 0. The molecule has 30 heavy (non-hydrogen) atoms. The molecule has 2 N–H and O–H groups in total. The highest BCUT2D eigenvalue weighted by molar-refractivity contribution is 5.89. The summed E-state index contributed by atoms with van der Waals surface area (Å²) in [6, 6.07) is 20.5. The van der Waals surface area contributed by atoms with Crippen LogP contribution in [0, 0.1) is 0 Å². The molecule has 3 rings (SSSR count). The fourth-order valence-corrected chi connectivity index (χ4v) is 2.18. The minimum atomic E-state index is -1.26. The standard InChI is InChI=1S/C14H16.C8H8.C4H4O4/c1-3-7-13(8-4-1)9-5-2-6-10-14-11-12-14;1-2-8-6-4-3-5-7-8;5-3(6)1-2-4(7)8/h1,3-5,7-10H,2,6,11-12H2;2-7H,1H2;1-2H,(H,5,6)(H,7,8)/b;;2-1-. The van der Waals surface area contributed by atoms with Crippen molar-refractivity contribution in [1.29, 1.82) is 0 Å². The van der Waals surface area contributed by atoms with Crippen molar-refractivity contribution in [2.75, 3.05) is 0 Å². The second-order valence-corrected chi connectivity index (χ2v) is 6.38. The Morgan fingerprint density at radius 1 is 0.800 bits per heavy atom. The van der Waals surface area contributed by atoms with E-state index in [9.17, 15) is 9.59 Å². The zero-order chi connectivity index (χ0) is 22.0. The number of hydrogen-bond donors (Lipinski definition) is 2. The predicted octanol–water partition coefficient (Wildman–Crippen LogP) is 6.24. The van der Waals surface area contributed by atoms with Crippen molar-refractivity contribution in [3.63, 3.8) is 0 Å². The molecule has 4 nitrogen and oxygen atoms in total. The molecular formula is C26H28O4. The zero-order valence-electron chi connectivity index (χ0n) is 17.0. The zero-order valence-corrected chi connectivity index (χ0v) is 17.0. The predicted molar refractivity (Wildman–Crippen MR) is 123 cm³/mol. The van der Waals surface area contributed by atoms with Gasteiger partial charge < -0.3 is 10.2 Å². The number of rotatable bonds is 7. The lowest BCUT2D eigenvalue weighted by molar-refractivity contribution is -0.134. The van der Waals surface area contributed by atoms with E-state index < -0.39 is 11.9 Å². The molecule has 0 bridgehead atoms. The molecule has 0 aromatic heterocycles. The SMILES string of the molecule is C(=Cc1ccccc1)CCC=C1CC1.C=Cc1ccccc1.O=C(O)/C=C\C(=O)O. The lowest BCUT2D eigenvalue weighted by atomic mass is 10.2. The molecule has 0 heterocycles. The molecule has 1 aliphatic rings. The first kappa shape index (κ1) is 24.4. The molecular weight excluding hydrogens is 376 g/mol. The second kappa shape index (κ2) is 15.3. The maximum absolute atomic E-state index is 9.55. The van der Waals surface area contributed by atoms with E-state index in [1.54, 1.807) is 5.57 Å². The van der Waals surface area contributed by atoms with E-state index in [-0.39, 0.29) is 0 Å². The van der Waals surface area contributed by atoms with Gasteiger partial charge in [-0.05, 0) is 36.8 Å². The van der Waals surface area contributed by atoms with Gasteiger partial charge in [0, 0.05) is 12.2 Å². The summed E-state index contributed by atoms with van der Waals surface area (Å²) in [5.74, 6) is -2.51. The first-order valence-electron chi connectivity index (χ1n) is 9.72. The molecule has 0 atom stereocenters. The highest BCUT2D eigenvalue weighted by Crippen LogP contribution is 2.28. The third-order valence-electron chi connectivity index (χ3n) is 3.82. The first-order chi connectivity index (χ1) is 14.5. The van der Waals surface area contributed by atoms with Gasteiger partial charge in [0.1, 0.15) is 0 Å². The van der Waals surface area contributed by atoms with Gasteiger partial charge in [0.25, 0.3) is 0 Å². The molecule has 0 spiro atoms. The number of carboxylic acid groups (broad SMARTS) is 2. The largest absolute Gasteiger partial charge is 0.478 e. The normalized spacial score (nSPS) is 11.7. The van der Waals surface area contributed by atoms with E-state index >= 15 is 0 Å². The van der Waals surface area contributed by atoms with Gasteiger partial charge in [-0.25, -0.2) is 9.59 Å². The minimum absolute atomic E-state index is 0.558. The van der Waals surface area contributed by atoms with Gasteiger partial charge in [0.2, 0.25) is 0 Å². The van der Waals surface area contributed by atoms with E-state index in [1.165, 1.54) is 36.8 Å². The van der Waals surface area contributed by atoms with Crippen molar-refractivity contribution < 1.29 is 19.8 Å². The molecule has 156 valence electrons. The van der Waals surface area contributed by atoms with Crippen molar-refractivity contribution >= 4 is 24.1 Å². The van der Waals surface area contributed by atoms with Crippen LogP contribution in [0.15, 0.2) is 97.1 Å². The molecule has 2 aromatic rings. The molecule has 4 heteroatoms. The summed E-state index contributed by atoms with van der Waals surface area (Å²) in [6.45, 7) is 3.63.